The number of pyridine rings is 1. The van der Waals surface area contributed by atoms with E-state index in [4.69, 9.17) is 5.73 Å². The van der Waals surface area contributed by atoms with Crippen LogP contribution in [0.2, 0.25) is 0 Å². The molecule has 0 aliphatic rings. The van der Waals surface area contributed by atoms with Gasteiger partial charge < -0.3 is 5.73 Å². The van der Waals surface area contributed by atoms with Gasteiger partial charge >= 0.3 is 0 Å². The van der Waals surface area contributed by atoms with E-state index in [0.29, 0.717) is 5.56 Å². The normalized spacial score (nSPS) is 11.4. The maximum absolute atomic E-state index is 14.2. The molecule has 25 heavy (non-hydrogen) atoms. The number of amides is 1. The molecule has 0 saturated carbocycles. The van der Waals surface area contributed by atoms with Gasteiger partial charge in [0.25, 0.3) is 10.0 Å². The second kappa shape index (κ2) is 6.48. The Balaban J connectivity index is 2.23. The van der Waals surface area contributed by atoms with Crippen molar-refractivity contribution in [2.24, 2.45) is 5.73 Å². The standard InChI is InChI=1S/C17H14FN3O3S/c18-15-6-2-1-5-14(15)16-8-12(9-17(19)22)11-21(16)25(23,24)13-4-3-7-20-10-13/h1-8,10-11H,9H2,(H2,19,22). The molecule has 0 unspecified atom stereocenters. The predicted octanol–water partition coefficient (Wildman–Crippen LogP) is 1.95. The van der Waals surface area contributed by atoms with Crippen LogP contribution in [0.25, 0.3) is 11.3 Å². The number of nitrogens with two attached hydrogens (primary N) is 1. The van der Waals surface area contributed by atoms with E-state index in [-0.39, 0.29) is 22.6 Å². The molecule has 2 N–H and O–H groups in total. The lowest BCUT2D eigenvalue weighted by Gasteiger charge is -2.10. The van der Waals surface area contributed by atoms with E-state index in [9.17, 15) is 17.6 Å². The Bertz CT molecular complexity index is 1030. The molecule has 2 heterocycles. The van der Waals surface area contributed by atoms with Crippen LogP contribution in [0.5, 0.6) is 0 Å². The minimum atomic E-state index is -4.01. The van der Waals surface area contributed by atoms with Gasteiger partial charge in [0.2, 0.25) is 5.91 Å². The van der Waals surface area contributed by atoms with Gasteiger partial charge in [-0.05, 0) is 35.9 Å². The fourth-order valence-electron chi connectivity index (χ4n) is 2.47. The van der Waals surface area contributed by atoms with Crippen molar-refractivity contribution < 1.29 is 17.6 Å². The van der Waals surface area contributed by atoms with Crippen LogP contribution in [-0.2, 0) is 21.2 Å². The van der Waals surface area contributed by atoms with Crippen LogP contribution in [0.3, 0.4) is 0 Å². The molecule has 8 heteroatoms. The summed E-state index contributed by atoms with van der Waals surface area (Å²) in [4.78, 5) is 15.0. The number of hydrogen-bond donors (Lipinski definition) is 1. The van der Waals surface area contributed by atoms with Gasteiger partial charge in [0.1, 0.15) is 10.7 Å². The Morgan fingerprint density at radius 3 is 2.60 bits per heavy atom. The zero-order chi connectivity index (χ0) is 18.0. The first-order chi connectivity index (χ1) is 11.9. The van der Waals surface area contributed by atoms with Crippen molar-refractivity contribution in [2.75, 3.05) is 0 Å². The molecule has 0 fully saturated rings. The number of primary amides is 1. The minimum Gasteiger partial charge on any atom is -0.369 e. The van der Waals surface area contributed by atoms with Gasteiger partial charge in [0, 0.05) is 24.2 Å². The molecular formula is C17H14FN3O3S. The zero-order valence-electron chi connectivity index (χ0n) is 13.0. The van der Waals surface area contributed by atoms with Crippen LogP contribution >= 0.6 is 0 Å². The lowest BCUT2D eigenvalue weighted by atomic mass is 10.1. The molecule has 0 bridgehead atoms. The number of rotatable bonds is 5. The molecule has 1 amide bonds. The van der Waals surface area contributed by atoms with Crippen molar-refractivity contribution >= 4 is 15.9 Å². The van der Waals surface area contributed by atoms with Crippen LogP contribution in [0.1, 0.15) is 5.56 Å². The van der Waals surface area contributed by atoms with E-state index >= 15 is 0 Å². The van der Waals surface area contributed by atoms with Gasteiger partial charge in [-0.3, -0.25) is 9.78 Å². The maximum atomic E-state index is 14.2. The summed E-state index contributed by atoms with van der Waals surface area (Å²) in [5, 5.41) is 0. The highest BCUT2D eigenvalue weighted by Gasteiger charge is 2.23. The molecule has 6 nitrogen and oxygen atoms in total. The number of nitrogens with zero attached hydrogens (tertiary/aromatic N) is 2. The van der Waals surface area contributed by atoms with Gasteiger partial charge in [-0.1, -0.05) is 12.1 Å². The molecule has 0 radical (unpaired) electrons. The minimum absolute atomic E-state index is 0.0474. The summed E-state index contributed by atoms with van der Waals surface area (Å²) in [6.45, 7) is 0. The maximum Gasteiger partial charge on any atom is 0.269 e. The third-order valence-electron chi connectivity index (χ3n) is 3.56. The largest absolute Gasteiger partial charge is 0.369 e. The Kier molecular flexibility index (Phi) is 4.37. The number of halogens is 1. The number of aromatic nitrogens is 2. The van der Waals surface area contributed by atoms with Crippen molar-refractivity contribution in [1.82, 2.24) is 8.96 Å². The van der Waals surface area contributed by atoms with Crippen molar-refractivity contribution in [3.63, 3.8) is 0 Å². The Morgan fingerprint density at radius 1 is 1.20 bits per heavy atom. The molecule has 0 atom stereocenters. The summed E-state index contributed by atoms with van der Waals surface area (Å²) in [5.41, 5.74) is 5.78. The molecular weight excluding hydrogens is 345 g/mol. The lowest BCUT2D eigenvalue weighted by Crippen LogP contribution is -2.15. The molecule has 0 aliphatic heterocycles. The van der Waals surface area contributed by atoms with Crippen molar-refractivity contribution in [3.8, 4) is 11.3 Å². The Morgan fingerprint density at radius 2 is 1.96 bits per heavy atom. The summed E-state index contributed by atoms with van der Waals surface area (Å²) in [6.07, 6.45) is 3.77. The molecule has 0 spiro atoms. The van der Waals surface area contributed by atoms with E-state index in [1.807, 2.05) is 0 Å². The van der Waals surface area contributed by atoms with Gasteiger partial charge in [0.15, 0.2) is 0 Å². The average Bonchev–Trinajstić information content (AvgIpc) is 2.99. The molecule has 1 aromatic carbocycles. The quantitative estimate of drug-likeness (QED) is 0.753. The van der Waals surface area contributed by atoms with Gasteiger partial charge in [0.05, 0.1) is 12.1 Å². The summed E-state index contributed by atoms with van der Waals surface area (Å²) in [6, 6.07) is 10.1. The lowest BCUT2D eigenvalue weighted by molar-refractivity contribution is -0.117. The van der Waals surface area contributed by atoms with E-state index in [1.54, 1.807) is 6.07 Å². The number of carbonyl (C=O) groups is 1. The van der Waals surface area contributed by atoms with Gasteiger partial charge in [-0.25, -0.2) is 16.8 Å². The summed E-state index contributed by atoms with van der Waals surface area (Å²) < 4.78 is 41.0. The SMILES string of the molecule is NC(=O)Cc1cc(-c2ccccc2F)n(S(=O)(=O)c2cccnc2)c1. The van der Waals surface area contributed by atoms with E-state index in [2.05, 4.69) is 4.98 Å². The Labute approximate surface area is 143 Å². The number of hydrogen-bond acceptors (Lipinski definition) is 4. The Hall–Kier alpha value is -3.00. The fraction of sp³-hybridized carbons (Fsp3) is 0.0588. The van der Waals surface area contributed by atoms with Crippen LogP contribution in [0, 0.1) is 5.82 Å². The molecule has 2 aromatic heterocycles. The summed E-state index contributed by atoms with van der Waals surface area (Å²) in [5.74, 6) is -1.19. The van der Waals surface area contributed by atoms with Crippen LogP contribution < -0.4 is 5.73 Å². The van der Waals surface area contributed by atoms with E-state index < -0.39 is 21.7 Å². The van der Waals surface area contributed by atoms with Crippen LogP contribution in [0.15, 0.2) is 66.0 Å². The average molecular weight is 359 g/mol. The third kappa shape index (κ3) is 3.29. The molecule has 3 aromatic rings. The highest BCUT2D eigenvalue weighted by Crippen LogP contribution is 2.29. The van der Waals surface area contributed by atoms with Crippen molar-refractivity contribution in [3.05, 3.63) is 72.4 Å². The van der Waals surface area contributed by atoms with Crippen molar-refractivity contribution in [2.45, 2.75) is 11.3 Å². The van der Waals surface area contributed by atoms with Crippen molar-refractivity contribution in [1.29, 1.82) is 0 Å². The number of benzene rings is 1. The fourth-order valence-corrected chi connectivity index (χ4v) is 3.83. The molecule has 0 saturated heterocycles. The highest BCUT2D eigenvalue weighted by molar-refractivity contribution is 7.90. The van der Waals surface area contributed by atoms with E-state index in [1.165, 1.54) is 55.0 Å². The highest BCUT2D eigenvalue weighted by atomic mass is 32.2. The number of carbonyl (C=O) groups excluding carboxylic acids is 1. The second-order valence-electron chi connectivity index (χ2n) is 5.35. The van der Waals surface area contributed by atoms with Gasteiger partial charge in [-0.2, -0.15) is 0 Å². The smallest absolute Gasteiger partial charge is 0.269 e. The summed E-state index contributed by atoms with van der Waals surface area (Å²) in [7, 11) is -4.01. The zero-order valence-corrected chi connectivity index (χ0v) is 13.8. The predicted molar refractivity (Wildman–Crippen MR) is 89.5 cm³/mol. The molecule has 128 valence electrons. The van der Waals surface area contributed by atoms with Crippen LogP contribution in [-0.4, -0.2) is 23.3 Å². The monoisotopic (exact) mass is 359 g/mol. The topological polar surface area (TPSA) is 95.0 Å². The first-order valence-corrected chi connectivity index (χ1v) is 8.73. The third-order valence-corrected chi connectivity index (χ3v) is 5.22. The van der Waals surface area contributed by atoms with E-state index in [0.717, 1.165) is 3.97 Å². The van der Waals surface area contributed by atoms with Crippen LogP contribution in [0.4, 0.5) is 4.39 Å². The summed E-state index contributed by atoms with van der Waals surface area (Å²) >= 11 is 0. The molecule has 3 rings (SSSR count). The first-order valence-electron chi connectivity index (χ1n) is 7.29. The molecule has 0 aliphatic carbocycles. The first kappa shape index (κ1) is 16.8. The van der Waals surface area contributed by atoms with Gasteiger partial charge in [-0.15, -0.1) is 0 Å². The second-order valence-corrected chi connectivity index (χ2v) is 7.16.